The molecular formula is C18H20Cl2N2O2S. The molecule has 0 radical (unpaired) electrons. The number of hydrogen-bond donors (Lipinski definition) is 0. The van der Waals surface area contributed by atoms with E-state index in [0.717, 1.165) is 17.7 Å². The number of halogens is 2. The summed E-state index contributed by atoms with van der Waals surface area (Å²) in [5, 5.41) is 1.15. The highest BCUT2D eigenvalue weighted by molar-refractivity contribution is 7.89. The fourth-order valence-electron chi connectivity index (χ4n) is 2.95. The smallest absolute Gasteiger partial charge is 0.243 e. The molecule has 0 amide bonds. The molecule has 1 saturated heterocycles. The summed E-state index contributed by atoms with van der Waals surface area (Å²) in [6.45, 7) is 4.11. The van der Waals surface area contributed by atoms with Gasteiger partial charge in [0.05, 0.1) is 4.90 Å². The van der Waals surface area contributed by atoms with E-state index < -0.39 is 10.0 Å². The third-order valence-electron chi connectivity index (χ3n) is 4.42. The van der Waals surface area contributed by atoms with Gasteiger partial charge in [0.2, 0.25) is 10.0 Å². The number of hydrogen-bond acceptors (Lipinski definition) is 3. The van der Waals surface area contributed by atoms with Crippen molar-refractivity contribution in [1.29, 1.82) is 0 Å². The number of rotatable bonds is 4. The van der Waals surface area contributed by atoms with Gasteiger partial charge in [0.15, 0.2) is 0 Å². The van der Waals surface area contributed by atoms with Crippen LogP contribution >= 0.6 is 23.2 Å². The maximum absolute atomic E-state index is 12.8. The van der Waals surface area contributed by atoms with Gasteiger partial charge in [0.25, 0.3) is 0 Å². The SMILES string of the molecule is CCc1ccc(S(=O)(=O)N2CCN(c3cc(Cl)cc(Cl)c3)CC2)cc1. The number of aryl methyl sites for hydroxylation is 1. The molecule has 1 heterocycles. The molecular weight excluding hydrogens is 379 g/mol. The number of sulfonamides is 1. The quantitative estimate of drug-likeness (QED) is 0.779. The van der Waals surface area contributed by atoms with Crippen LogP contribution in [0.15, 0.2) is 47.4 Å². The fraction of sp³-hybridized carbons (Fsp3) is 0.333. The minimum atomic E-state index is -3.45. The van der Waals surface area contributed by atoms with Crippen LogP contribution in [0.2, 0.25) is 10.0 Å². The molecule has 1 aliphatic rings. The molecule has 134 valence electrons. The zero-order chi connectivity index (χ0) is 18.0. The predicted octanol–water partition coefficient (Wildman–Crippen LogP) is 4.07. The highest BCUT2D eigenvalue weighted by atomic mass is 35.5. The van der Waals surface area contributed by atoms with Gasteiger partial charge in [-0.25, -0.2) is 8.42 Å². The van der Waals surface area contributed by atoms with Crippen molar-refractivity contribution in [1.82, 2.24) is 4.31 Å². The summed E-state index contributed by atoms with van der Waals surface area (Å²) in [5.41, 5.74) is 2.04. The Bertz CT molecular complexity index is 826. The molecule has 2 aromatic carbocycles. The summed E-state index contributed by atoms with van der Waals surface area (Å²) in [6, 6.07) is 12.5. The van der Waals surface area contributed by atoms with E-state index in [1.54, 1.807) is 18.2 Å². The number of benzene rings is 2. The van der Waals surface area contributed by atoms with Crippen LogP contribution < -0.4 is 4.90 Å². The Balaban J connectivity index is 1.72. The Morgan fingerprint density at radius 2 is 1.48 bits per heavy atom. The minimum absolute atomic E-state index is 0.351. The predicted molar refractivity (Wildman–Crippen MR) is 103 cm³/mol. The molecule has 0 unspecified atom stereocenters. The Kier molecular flexibility index (Phi) is 5.58. The van der Waals surface area contributed by atoms with Crippen LogP contribution in [0.3, 0.4) is 0 Å². The Morgan fingerprint density at radius 1 is 0.920 bits per heavy atom. The van der Waals surface area contributed by atoms with Gasteiger partial charge in [-0.05, 0) is 42.3 Å². The van der Waals surface area contributed by atoms with Gasteiger partial charge in [0, 0.05) is 41.9 Å². The second kappa shape index (κ2) is 7.54. The fourth-order valence-corrected chi connectivity index (χ4v) is 4.89. The molecule has 0 bridgehead atoms. The molecule has 0 spiro atoms. The van der Waals surface area contributed by atoms with Crippen molar-refractivity contribution < 1.29 is 8.42 Å². The van der Waals surface area contributed by atoms with Gasteiger partial charge >= 0.3 is 0 Å². The van der Waals surface area contributed by atoms with Crippen molar-refractivity contribution in [2.75, 3.05) is 31.1 Å². The van der Waals surface area contributed by atoms with E-state index in [2.05, 4.69) is 4.90 Å². The lowest BCUT2D eigenvalue weighted by atomic mass is 10.2. The lowest BCUT2D eigenvalue weighted by Gasteiger charge is -2.35. The minimum Gasteiger partial charge on any atom is -0.369 e. The van der Waals surface area contributed by atoms with Crippen molar-refractivity contribution >= 4 is 38.9 Å². The monoisotopic (exact) mass is 398 g/mol. The van der Waals surface area contributed by atoms with Crippen molar-refractivity contribution in [2.45, 2.75) is 18.2 Å². The van der Waals surface area contributed by atoms with Gasteiger partial charge in [-0.1, -0.05) is 42.3 Å². The number of anilines is 1. The van der Waals surface area contributed by atoms with Crippen molar-refractivity contribution in [2.24, 2.45) is 0 Å². The van der Waals surface area contributed by atoms with E-state index in [0.29, 0.717) is 41.1 Å². The molecule has 1 fully saturated rings. The molecule has 25 heavy (non-hydrogen) atoms. The second-order valence-electron chi connectivity index (χ2n) is 6.02. The van der Waals surface area contributed by atoms with Gasteiger partial charge in [0.1, 0.15) is 0 Å². The summed E-state index contributed by atoms with van der Waals surface area (Å²) >= 11 is 12.1. The maximum Gasteiger partial charge on any atom is 0.243 e. The Hall–Kier alpha value is -1.27. The largest absolute Gasteiger partial charge is 0.369 e. The maximum atomic E-state index is 12.8. The Labute approximate surface area is 159 Å². The standard InChI is InChI=1S/C18H20Cl2N2O2S/c1-2-14-3-5-18(6-4-14)25(23,24)22-9-7-21(8-10-22)17-12-15(19)11-16(20)13-17/h3-6,11-13H,2,7-10H2,1H3. The molecule has 0 aliphatic carbocycles. The van der Waals surface area contributed by atoms with Crippen LogP contribution in [0, 0.1) is 0 Å². The van der Waals surface area contributed by atoms with Crippen LogP contribution in [0.1, 0.15) is 12.5 Å². The summed E-state index contributed by atoms with van der Waals surface area (Å²) < 4.78 is 27.1. The van der Waals surface area contributed by atoms with Gasteiger partial charge in [-0.2, -0.15) is 4.31 Å². The molecule has 2 aromatic rings. The third kappa shape index (κ3) is 4.11. The normalized spacial score (nSPS) is 16.2. The van der Waals surface area contributed by atoms with Crippen LogP contribution in [-0.4, -0.2) is 38.9 Å². The molecule has 4 nitrogen and oxygen atoms in total. The molecule has 0 atom stereocenters. The van der Waals surface area contributed by atoms with E-state index in [1.165, 1.54) is 4.31 Å². The van der Waals surface area contributed by atoms with Crippen LogP contribution in [-0.2, 0) is 16.4 Å². The van der Waals surface area contributed by atoms with Crippen LogP contribution in [0.5, 0.6) is 0 Å². The average Bonchev–Trinajstić information content (AvgIpc) is 2.61. The molecule has 0 saturated carbocycles. The first-order chi connectivity index (χ1) is 11.9. The number of nitrogens with zero attached hydrogens (tertiary/aromatic N) is 2. The van der Waals surface area contributed by atoms with E-state index in [4.69, 9.17) is 23.2 Å². The lowest BCUT2D eigenvalue weighted by Crippen LogP contribution is -2.48. The molecule has 0 N–H and O–H groups in total. The van der Waals surface area contributed by atoms with Gasteiger partial charge < -0.3 is 4.90 Å². The first kappa shape index (κ1) is 18.5. The summed E-state index contributed by atoms with van der Waals surface area (Å²) in [5.74, 6) is 0. The second-order valence-corrected chi connectivity index (χ2v) is 8.83. The lowest BCUT2D eigenvalue weighted by molar-refractivity contribution is 0.385. The van der Waals surface area contributed by atoms with Crippen molar-refractivity contribution in [3.05, 3.63) is 58.1 Å². The first-order valence-electron chi connectivity index (χ1n) is 8.20. The van der Waals surface area contributed by atoms with E-state index >= 15 is 0 Å². The summed E-state index contributed by atoms with van der Waals surface area (Å²) in [7, 11) is -3.45. The van der Waals surface area contributed by atoms with Crippen LogP contribution in [0.25, 0.3) is 0 Å². The topological polar surface area (TPSA) is 40.6 Å². The van der Waals surface area contributed by atoms with Crippen LogP contribution in [0.4, 0.5) is 5.69 Å². The molecule has 1 aliphatic heterocycles. The van der Waals surface area contributed by atoms with Crippen molar-refractivity contribution in [3.8, 4) is 0 Å². The number of piperazine rings is 1. The van der Waals surface area contributed by atoms with E-state index in [9.17, 15) is 8.42 Å². The molecule has 7 heteroatoms. The summed E-state index contributed by atoms with van der Waals surface area (Å²) in [6.07, 6.45) is 0.890. The highest BCUT2D eigenvalue weighted by Crippen LogP contribution is 2.27. The van der Waals surface area contributed by atoms with Gasteiger partial charge in [-0.15, -0.1) is 0 Å². The molecule has 3 rings (SSSR count). The Morgan fingerprint density at radius 3 is 2.00 bits per heavy atom. The average molecular weight is 399 g/mol. The summed E-state index contributed by atoms with van der Waals surface area (Å²) in [4.78, 5) is 2.45. The zero-order valence-corrected chi connectivity index (χ0v) is 16.3. The van der Waals surface area contributed by atoms with E-state index in [1.807, 2.05) is 31.2 Å². The van der Waals surface area contributed by atoms with Crippen molar-refractivity contribution in [3.63, 3.8) is 0 Å². The highest BCUT2D eigenvalue weighted by Gasteiger charge is 2.28. The first-order valence-corrected chi connectivity index (χ1v) is 10.4. The zero-order valence-electron chi connectivity index (χ0n) is 14.0. The van der Waals surface area contributed by atoms with E-state index in [-0.39, 0.29) is 0 Å². The molecule has 0 aromatic heterocycles. The van der Waals surface area contributed by atoms with Gasteiger partial charge in [-0.3, -0.25) is 0 Å². The third-order valence-corrected chi connectivity index (χ3v) is 6.77.